The number of aromatic amines is 1. The lowest BCUT2D eigenvalue weighted by atomic mass is 9.73. The highest BCUT2D eigenvalue weighted by atomic mass is 16.4. The molecule has 2 fully saturated rings. The van der Waals surface area contributed by atoms with Crippen LogP contribution in [0.4, 0.5) is 6.01 Å². The van der Waals surface area contributed by atoms with Crippen LogP contribution in [0.1, 0.15) is 31.4 Å². The van der Waals surface area contributed by atoms with Gasteiger partial charge in [0.05, 0.1) is 6.33 Å². The van der Waals surface area contributed by atoms with Gasteiger partial charge in [0.15, 0.2) is 5.58 Å². The van der Waals surface area contributed by atoms with Gasteiger partial charge in [0.25, 0.3) is 6.01 Å². The van der Waals surface area contributed by atoms with Crippen molar-refractivity contribution < 1.29 is 9.21 Å². The van der Waals surface area contributed by atoms with Gasteiger partial charge in [-0.2, -0.15) is 4.98 Å². The standard InChI is InChI=1S/C21H25N5O2/c27-19-6-9-21(13-25(19)11-7-16-12-22-15-23-16)8-3-10-26(14-21)20-24-17-4-1-2-5-18(17)28-20/h1-2,4-5,12,15H,3,6-11,13-14H2,(H,22,23)/t21-/m0/s1. The summed E-state index contributed by atoms with van der Waals surface area (Å²) in [5.41, 5.74) is 2.93. The fourth-order valence-electron chi connectivity index (χ4n) is 4.68. The topological polar surface area (TPSA) is 78.3 Å². The van der Waals surface area contributed by atoms with Gasteiger partial charge in [0.2, 0.25) is 5.91 Å². The maximum absolute atomic E-state index is 12.5. The van der Waals surface area contributed by atoms with E-state index in [9.17, 15) is 4.79 Å². The Kier molecular flexibility index (Phi) is 4.30. The Morgan fingerprint density at radius 2 is 2.14 bits per heavy atom. The highest BCUT2D eigenvalue weighted by molar-refractivity contribution is 5.77. The first-order valence-corrected chi connectivity index (χ1v) is 10.1. The first-order chi connectivity index (χ1) is 13.7. The molecule has 0 unspecified atom stereocenters. The van der Waals surface area contributed by atoms with Crippen LogP contribution in [-0.2, 0) is 11.2 Å². The molecule has 28 heavy (non-hydrogen) atoms. The van der Waals surface area contributed by atoms with Crippen molar-refractivity contribution in [2.75, 3.05) is 31.1 Å². The average Bonchev–Trinajstić information content (AvgIpc) is 3.38. The minimum absolute atomic E-state index is 0.126. The highest BCUT2D eigenvalue weighted by Gasteiger charge is 2.42. The summed E-state index contributed by atoms with van der Waals surface area (Å²) in [5, 5.41) is 0. The zero-order valence-corrected chi connectivity index (χ0v) is 15.9. The minimum Gasteiger partial charge on any atom is -0.423 e. The normalized spacial score (nSPS) is 23.1. The highest BCUT2D eigenvalue weighted by Crippen LogP contribution is 2.40. The molecule has 1 N–H and O–H groups in total. The van der Waals surface area contributed by atoms with E-state index in [2.05, 4.69) is 19.9 Å². The number of hydrogen-bond donors (Lipinski definition) is 1. The molecule has 1 atom stereocenters. The number of carbonyl (C=O) groups is 1. The summed E-state index contributed by atoms with van der Waals surface area (Å²) < 4.78 is 6.01. The maximum atomic E-state index is 12.5. The van der Waals surface area contributed by atoms with Crippen molar-refractivity contribution in [1.29, 1.82) is 0 Å². The molecule has 1 amide bonds. The number of fused-ring (bicyclic) bond motifs is 1. The molecule has 1 spiro atoms. The molecule has 0 radical (unpaired) electrons. The Morgan fingerprint density at radius 1 is 1.21 bits per heavy atom. The van der Waals surface area contributed by atoms with E-state index in [1.807, 2.05) is 35.4 Å². The smallest absolute Gasteiger partial charge is 0.298 e. The molecular formula is C21H25N5O2. The van der Waals surface area contributed by atoms with Crippen molar-refractivity contribution in [3.05, 3.63) is 42.5 Å². The number of imidazole rings is 1. The number of benzene rings is 1. The summed E-state index contributed by atoms with van der Waals surface area (Å²) in [6.45, 7) is 3.41. The second kappa shape index (κ2) is 6.96. The first-order valence-electron chi connectivity index (χ1n) is 10.1. The number of nitrogens with one attached hydrogen (secondary N) is 1. The van der Waals surface area contributed by atoms with Crippen LogP contribution in [0.25, 0.3) is 11.1 Å². The number of amides is 1. The molecule has 0 aliphatic carbocycles. The molecule has 3 aromatic rings. The molecule has 1 aromatic carbocycles. The van der Waals surface area contributed by atoms with Gasteiger partial charge in [-0.25, -0.2) is 4.98 Å². The molecule has 2 aromatic heterocycles. The summed E-state index contributed by atoms with van der Waals surface area (Å²) in [4.78, 5) is 28.7. The van der Waals surface area contributed by atoms with Crippen molar-refractivity contribution >= 4 is 23.0 Å². The number of piperidine rings is 2. The second-order valence-electron chi connectivity index (χ2n) is 8.13. The number of para-hydroxylation sites is 2. The van der Waals surface area contributed by atoms with Gasteiger partial charge < -0.3 is 19.2 Å². The largest absolute Gasteiger partial charge is 0.423 e. The van der Waals surface area contributed by atoms with Gasteiger partial charge in [-0.15, -0.1) is 0 Å². The van der Waals surface area contributed by atoms with Crippen molar-refractivity contribution in [3.8, 4) is 0 Å². The predicted octanol–water partition coefficient (Wildman–Crippen LogP) is 3.00. The fraction of sp³-hybridized carbons (Fsp3) is 0.476. The summed E-state index contributed by atoms with van der Waals surface area (Å²) in [6, 6.07) is 8.61. The van der Waals surface area contributed by atoms with Gasteiger partial charge in [0, 0.05) is 56.3 Å². The van der Waals surface area contributed by atoms with Crippen molar-refractivity contribution in [1.82, 2.24) is 19.9 Å². The van der Waals surface area contributed by atoms with Crippen LogP contribution in [-0.4, -0.2) is 51.9 Å². The molecule has 2 aliphatic rings. The van der Waals surface area contributed by atoms with E-state index in [1.54, 1.807) is 6.33 Å². The van der Waals surface area contributed by atoms with E-state index in [1.165, 1.54) is 0 Å². The molecule has 2 aliphatic heterocycles. The number of hydrogen-bond acceptors (Lipinski definition) is 5. The molecule has 5 rings (SSSR count). The van der Waals surface area contributed by atoms with Crippen LogP contribution in [0, 0.1) is 5.41 Å². The van der Waals surface area contributed by atoms with E-state index in [0.717, 1.165) is 68.7 Å². The Morgan fingerprint density at radius 3 is 3.00 bits per heavy atom. The number of anilines is 1. The third kappa shape index (κ3) is 3.25. The van der Waals surface area contributed by atoms with E-state index in [0.29, 0.717) is 12.4 Å². The predicted molar refractivity (Wildman–Crippen MR) is 106 cm³/mol. The van der Waals surface area contributed by atoms with Gasteiger partial charge in [0.1, 0.15) is 5.52 Å². The number of rotatable bonds is 4. The summed E-state index contributed by atoms with van der Waals surface area (Å²) >= 11 is 0. The number of H-pyrrole nitrogens is 1. The lowest BCUT2D eigenvalue weighted by molar-refractivity contribution is -0.137. The van der Waals surface area contributed by atoms with Crippen LogP contribution in [0.5, 0.6) is 0 Å². The summed E-state index contributed by atoms with van der Waals surface area (Å²) in [7, 11) is 0. The van der Waals surface area contributed by atoms with Crippen molar-refractivity contribution in [2.45, 2.75) is 32.1 Å². The molecule has 0 saturated carbocycles. The molecule has 146 valence electrons. The van der Waals surface area contributed by atoms with Gasteiger partial charge in [-0.1, -0.05) is 12.1 Å². The maximum Gasteiger partial charge on any atom is 0.298 e. The first kappa shape index (κ1) is 17.3. The SMILES string of the molecule is O=C1CC[C@@]2(CCCN(c3nc4ccccc4o3)C2)CN1CCc1cnc[nH]1. The Bertz CT molecular complexity index is 933. The third-order valence-electron chi connectivity index (χ3n) is 6.17. The number of likely N-dealkylation sites (tertiary alicyclic amines) is 1. The van der Waals surface area contributed by atoms with Crippen LogP contribution < -0.4 is 4.90 Å². The zero-order valence-electron chi connectivity index (χ0n) is 15.9. The average molecular weight is 379 g/mol. The summed E-state index contributed by atoms with van der Waals surface area (Å²) in [6.07, 6.45) is 8.16. The lowest BCUT2D eigenvalue weighted by Gasteiger charge is -2.47. The summed E-state index contributed by atoms with van der Waals surface area (Å²) in [5.74, 6) is 0.268. The van der Waals surface area contributed by atoms with Crippen molar-refractivity contribution in [2.24, 2.45) is 5.41 Å². The molecule has 0 bridgehead atoms. The van der Waals surface area contributed by atoms with Gasteiger partial charge >= 0.3 is 0 Å². The number of nitrogens with zero attached hydrogens (tertiary/aromatic N) is 4. The quantitative estimate of drug-likeness (QED) is 0.754. The Labute approximate surface area is 163 Å². The van der Waals surface area contributed by atoms with Crippen molar-refractivity contribution in [3.63, 3.8) is 0 Å². The van der Waals surface area contributed by atoms with Crippen LogP contribution >= 0.6 is 0 Å². The zero-order chi connectivity index (χ0) is 19.0. The molecule has 7 nitrogen and oxygen atoms in total. The molecular weight excluding hydrogens is 354 g/mol. The Balaban J connectivity index is 1.31. The second-order valence-corrected chi connectivity index (χ2v) is 8.13. The van der Waals surface area contributed by atoms with E-state index in [-0.39, 0.29) is 11.3 Å². The van der Waals surface area contributed by atoms with Crippen LogP contribution in [0.3, 0.4) is 0 Å². The van der Waals surface area contributed by atoms with Crippen LogP contribution in [0.2, 0.25) is 0 Å². The number of aromatic nitrogens is 3. The molecule has 2 saturated heterocycles. The van der Waals surface area contributed by atoms with E-state index in [4.69, 9.17) is 4.42 Å². The third-order valence-corrected chi connectivity index (χ3v) is 6.17. The lowest BCUT2D eigenvalue weighted by Crippen LogP contribution is -2.54. The molecule has 7 heteroatoms. The van der Waals surface area contributed by atoms with E-state index < -0.39 is 0 Å². The molecule has 4 heterocycles. The van der Waals surface area contributed by atoms with Crippen LogP contribution in [0.15, 0.2) is 41.2 Å². The van der Waals surface area contributed by atoms with Gasteiger partial charge in [-0.05, 0) is 31.4 Å². The fourth-order valence-corrected chi connectivity index (χ4v) is 4.68. The Hall–Kier alpha value is -2.83. The monoisotopic (exact) mass is 379 g/mol. The minimum atomic E-state index is 0.126. The van der Waals surface area contributed by atoms with E-state index >= 15 is 0 Å². The number of carbonyl (C=O) groups excluding carboxylic acids is 1. The van der Waals surface area contributed by atoms with Gasteiger partial charge in [-0.3, -0.25) is 4.79 Å². The number of oxazole rings is 1.